The van der Waals surface area contributed by atoms with Gasteiger partial charge < -0.3 is 49.1 Å². The van der Waals surface area contributed by atoms with Crippen LogP contribution in [-0.2, 0) is 28.8 Å². The highest BCUT2D eigenvalue weighted by Crippen LogP contribution is 2.07. The van der Waals surface area contributed by atoms with Crippen LogP contribution in [0.4, 0.5) is 0 Å². The fourth-order valence-electron chi connectivity index (χ4n) is 2.90. The smallest absolute Gasteiger partial charge is 0.326 e. The number of carboxylic acid groups (broad SMARTS) is 2. The van der Waals surface area contributed by atoms with E-state index in [4.69, 9.17) is 28.0 Å². The minimum Gasteiger partial charge on any atom is -0.481 e. The number of nitrogens with zero attached hydrogens (tertiary/aromatic N) is 1. The van der Waals surface area contributed by atoms with Crippen molar-refractivity contribution in [2.24, 2.45) is 33.8 Å². The number of primary amides is 1. The molecular weight excluding hydrogens is 480 g/mol. The second-order valence-corrected chi connectivity index (χ2v) is 8.35. The Hall–Kier alpha value is -3.95. The van der Waals surface area contributed by atoms with Crippen molar-refractivity contribution < 1.29 is 39.0 Å². The van der Waals surface area contributed by atoms with E-state index in [0.717, 1.165) is 0 Å². The molecule has 0 aromatic rings. The maximum atomic E-state index is 12.8. The monoisotopic (exact) mass is 516 g/mol. The van der Waals surface area contributed by atoms with Crippen LogP contribution in [-0.4, -0.2) is 82.5 Å². The van der Waals surface area contributed by atoms with E-state index < -0.39 is 72.1 Å². The van der Waals surface area contributed by atoms with Crippen LogP contribution in [0, 0.1) is 5.92 Å². The molecule has 0 bridgehead atoms. The average Bonchev–Trinajstić information content (AvgIpc) is 2.75. The fraction of sp³-hybridized carbons (Fsp3) is 0.650. The van der Waals surface area contributed by atoms with Gasteiger partial charge in [-0.1, -0.05) is 13.8 Å². The largest absolute Gasteiger partial charge is 0.481 e. The Morgan fingerprint density at radius 3 is 1.89 bits per heavy atom. The highest BCUT2D eigenvalue weighted by atomic mass is 16.4. The van der Waals surface area contributed by atoms with Gasteiger partial charge in [0.25, 0.3) is 0 Å². The summed E-state index contributed by atoms with van der Waals surface area (Å²) in [6, 6.07) is -5.39. The third-order valence-corrected chi connectivity index (χ3v) is 4.86. The molecule has 0 aliphatic rings. The van der Waals surface area contributed by atoms with Crippen molar-refractivity contribution in [1.82, 2.24) is 16.0 Å². The Kier molecular flexibility index (Phi) is 14.1. The van der Waals surface area contributed by atoms with Gasteiger partial charge in [0.1, 0.15) is 18.1 Å². The van der Waals surface area contributed by atoms with E-state index >= 15 is 0 Å². The van der Waals surface area contributed by atoms with E-state index in [1.54, 1.807) is 13.8 Å². The molecule has 0 radical (unpaired) electrons. The quantitative estimate of drug-likeness (QED) is 0.0514. The van der Waals surface area contributed by atoms with Crippen molar-refractivity contribution in [1.29, 1.82) is 0 Å². The first kappa shape index (κ1) is 32.0. The standard InChI is InChI=1S/C20H36N8O8/c1-9(2)15(18(34)26-11(19(35)36)4-3-7-25-20(23)24)28-17(33)12(8-14(30)31)27-16(32)10(21)5-6-13(22)29/h9-12,15H,3-8,21H2,1-2H3,(H2,22,29)(H,26,34)(H,27,32)(H,28,33)(H,30,31)(H,35,36)(H4,23,24,25). The molecule has 0 rings (SSSR count). The van der Waals surface area contributed by atoms with Gasteiger partial charge in [0, 0.05) is 13.0 Å². The van der Waals surface area contributed by atoms with Crippen molar-refractivity contribution in [3.63, 3.8) is 0 Å². The Morgan fingerprint density at radius 1 is 0.833 bits per heavy atom. The van der Waals surface area contributed by atoms with Gasteiger partial charge in [-0.3, -0.25) is 29.0 Å². The van der Waals surface area contributed by atoms with Gasteiger partial charge >= 0.3 is 11.9 Å². The lowest BCUT2D eigenvalue weighted by Crippen LogP contribution is -2.58. The van der Waals surface area contributed by atoms with Crippen molar-refractivity contribution in [2.75, 3.05) is 6.54 Å². The number of aliphatic imine (C=N–C) groups is 1. The van der Waals surface area contributed by atoms with E-state index in [-0.39, 0.29) is 38.2 Å². The predicted molar refractivity (Wildman–Crippen MR) is 127 cm³/mol. The van der Waals surface area contributed by atoms with Crippen LogP contribution in [0.25, 0.3) is 0 Å². The lowest BCUT2D eigenvalue weighted by Gasteiger charge is -2.26. The lowest BCUT2D eigenvalue weighted by molar-refractivity contribution is -0.143. The van der Waals surface area contributed by atoms with Gasteiger partial charge in [0.2, 0.25) is 23.6 Å². The Balaban J connectivity index is 5.38. The summed E-state index contributed by atoms with van der Waals surface area (Å²) in [5.74, 6) is -6.85. The molecule has 0 saturated carbocycles. The number of rotatable bonds is 17. The number of aliphatic carboxylic acids is 2. The SMILES string of the molecule is CC(C)C(NC(=O)C(CC(=O)O)NC(=O)C(N)CCC(N)=O)C(=O)NC(CCCN=C(N)N)C(=O)O. The fourth-order valence-corrected chi connectivity index (χ4v) is 2.90. The summed E-state index contributed by atoms with van der Waals surface area (Å²) in [4.78, 5) is 75.2. The lowest BCUT2D eigenvalue weighted by atomic mass is 10.0. The van der Waals surface area contributed by atoms with Crippen LogP contribution in [0.1, 0.15) is 46.0 Å². The molecule has 0 heterocycles. The van der Waals surface area contributed by atoms with Crippen LogP contribution in [0.2, 0.25) is 0 Å². The van der Waals surface area contributed by atoms with Crippen LogP contribution >= 0.6 is 0 Å². The maximum Gasteiger partial charge on any atom is 0.326 e. The number of hydrogen-bond acceptors (Lipinski definition) is 8. The molecule has 36 heavy (non-hydrogen) atoms. The third kappa shape index (κ3) is 13.1. The van der Waals surface area contributed by atoms with E-state index in [2.05, 4.69) is 20.9 Å². The van der Waals surface area contributed by atoms with E-state index in [0.29, 0.717) is 0 Å². The predicted octanol–water partition coefficient (Wildman–Crippen LogP) is -3.70. The van der Waals surface area contributed by atoms with Crippen molar-refractivity contribution in [2.45, 2.75) is 70.1 Å². The van der Waals surface area contributed by atoms with Gasteiger partial charge in [-0.2, -0.15) is 0 Å². The summed E-state index contributed by atoms with van der Waals surface area (Å²) in [7, 11) is 0. The molecule has 0 aliphatic heterocycles. The summed E-state index contributed by atoms with van der Waals surface area (Å²) in [5, 5.41) is 25.4. The molecule has 0 aromatic carbocycles. The van der Waals surface area contributed by atoms with Gasteiger partial charge in [0.15, 0.2) is 5.96 Å². The summed E-state index contributed by atoms with van der Waals surface area (Å²) in [5.41, 5.74) is 21.1. The highest BCUT2D eigenvalue weighted by Gasteiger charge is 2.32. The number of carbonyl (C=O) groups excluding carboxylic acids is 4. The summed E-state index contributed by atoms with van der Waals surface area (Å²) in [6.07, 6.45) is -0.904. The Bertz CT molecular complexity index is 844. The first-order chi connectivity index (χ1) is 16.6. The Morgan fingerprint density at radius 2 is 1.42 bits per heavy atom. The molecule has 0 fully saturated rings. The summed E-state index contributed by atoms with van der Waals surface area (Å²) < 4.78 is 0. The van der Waals surface area contributed by atoms with E-state index in [1.165, 1.54) is 0 Å². The first-order valence-electron chi connectivity index (χ1n) is 11.1. The molecule has 0 aromatic heterocycles. The first-order valence-corrected chi connectivity index (χ1v) is 11.1. The van der Waals surface area contributed by atoms with E-state index in [9.17, 15) is 33.9 Å². The molecule has 4 amide bonds. The molecule has 0 aliphatic carbocycles. The van der Waals surface area contributed by atoms with Gasteiger partial charge in [-0.25, -0.2) is 4.79 Å². The molecule has 0 saturated heterocycles. The van der Waals surface area contributed by atoms with Crippen LogP contribution in [0.5, 0.6) is 0 Å². The zero-order chi connectivity index (χ0) is 28.0. The molecule has 0 spiro atoms. The molecule has 16 nitrogen and oxygen atoms in total. The zero-order valence-electron chi connectivity index (χ0n) is 20.2. The van der Waals surface area contributed by atoms with E-state index in [1.807, 2.05) is 0 Å². The number of hydrogen-bond donors (Lipinski definition) is 9. The zero-order valence-corrected chi connectivity index (χ0v) is 20.2. The number of nitrogens with two attached hydrogens (primary N) is 4. The molecule has 4 atom stereocenters. The average molecular weight is 517 g/mol. The molecule has 13 N–H and O–H groups in total. The van der Waals surface area contributed by atoms with Gasteiger partial charge in [0.05, 0.1) is 12.5 Å². The second-order valence-electron chi connectivity index (χ2n) is 8.35. The van der Waals surface area contributed by atoms with Crippen LogP contribution < -0.4 is 38.9 Å². The molecule has 4 unspecified atom stereocenters. The molecule has 204 valence electrons. The number of carboxylic acids is 2. The van der Waals surface area contributed by atoms with Gasteiger partial charge in [-0.05, 0) is 25.2 Å². The van der Waals surface area contributed by atoms with Crippen LogP contribution in [0.3, 0.4) is 0 Å². The normalized spacial score (nSPS) is 14.0. The topological polar surface area (TPSA) is 295 Å². The maximum absolute atomic E-state index is 12.8. The Labute approximate surface area is 207 Å². The molecular formula is C20H36N8O8. The summed E-state index contributed by atoms with van der Waals surface area (Å²) in [6.45, 7) is 3.29. The van der Waals surface area contributed by atoms with Gasteiger partial charge in [-0.15, -0.1) is 0 Å². The third-order valence-electron chi connectivity index (χ3n) is 4.86. The van der Waals surface area contributed by atoms with Crippen LogP contribution in [0.15, 0.2) is 4.99 Å². The number of amides is 4. The number of nitrogens with one attached hydrogen (secondary N) is 3. The van der Waals surface area contributed by atoms with Crippen molar-refractivity contribution in [3.05, 3.63) is 0 Å². The van der Waals surface area contributed by atoms with Crippen molar-refractivity contribution >= 4 is 41.5 Å². The summed E-state index contributed by atoms with van der Waals surface area (Å²) >= 11 is 0. The minimum atomic E-state index is -1.60. The minimum absolute atomic E-state index is 0.00248. The second kappa shape index (κ2) is 15.9. The van der Waals surface area contributed by atoms with Crippen molar-refractivity contribution in [3.8, 4) is 0 Å². The highest BCUT2D eigenvalue weighted by molar-refractivity contribution is 5.95. The number of guanidine groups is 1. The molecule has 16 heteroatoms. The number of carbonyl (C=O) groups is 6.